The first-order valence-corrected chi connectivity index (χ1v) is 11.6. The summed E-state index contributed by atoms with van der Waals surface area (Å²) in [6.07, 6.45) is 0.433. The number of rotatable bonds is 8. The number of benzene rings is 2. The Morgan fingerprint density at radius 3 is 2.35 bits per heavy atom. The Bertz CT molecular complexity index is 871. The van der Waals surface area contributed by atoms with Crippen LogP contribution in [0.1, 0.15) is 26.3 Å². The van der Waals surface area contributed by atoms with Crippen molar-refractivity contribution in [2.24, 2.45) is 0 Å². The molecule has 0 N–H and O–H groups in total. The standard InChI is InChI=1S/C20H25N2O2PS/c1-4-22(5-2)25(23,24-6-3)15-16-11-13-17(14-12-16)20-21-18-9-7-8-10-19(18)26-20/h7-14H,4-6,15H2,1-3H3. The Morgan fingerprint density at radius 1 is 1.04 bits per heavy atom. The number of hydrogen-bond donors (Lipinski definition) is 0. The van der Waals surface area contributed by atoms with Crippen molar-refractivity contribution in [3.63, 3.8) is 0 Å². The molecule has 0 saturated carbocycles. The molecule has 3 rings (SSSR count). The number of fused-ring (bicyclic) bond motifs is 1. The van der Waals surface area contributed by atoms with E-state index >= 15 is 0 Å². The van der Waals surface area contributed by atoms with Crippen LogP contribution in [-0.4, -0.2) is 29.4 Å². The van der Waals surface area contributed by atoms with Crippen LogP contribution in [0.15, 0.2) is 48.5 Å². The van der Waals surface area contributed by atoms with Gasteiger partial charge in [0.05, 0.1) is 23.0 Å². The quantitative estimate of drug-likeness (QED) is 0.442. The summed E-state index contributed by atoms with van der Waals surface area (Å²) in [7, 11) is -2.84. The van der Waals surface area contributed by atoms with E-state index in [9.17, 15) is 4.57 Å². The summed E-state index contributed by atoms with van der Waals surface area (Å²) in [6.45, 7) is 7.83. The van der Waals surface area contributed by atoms with Crippen molar-refractivity contribution in [3.05, 3.63) is 54.1 Å². The van der Waals surface area contributed by atoms with Gasteiger partial charge in [0, 0.05) is 18.7 Å². The molecule has 1 aromatic heterocycles. The number of thiazole rings is 1. The second-order valence-corrected chi connectivity index (χ2v) is 9.48. The van der Waals surface area contributed by atoms with Gasteiger partial charge in [0.1, 0.15) is 5.01 Å². The molecule has 138 valence electrons. The molecular formula is C20H25N2O2PS. The lowest BCUT2D eigenvalue weighted by Gasteiger charge is -2.29. The normalized spacial score (nSPS) is 14.0. The highest BCUT2D eigenvalue weighted by atomic mass is 32.1. The van der Waals surface area contributed by atoms with Gasteiger partial charge in [-0.3, -0.25) is 4.57 Å². The number of aromatic nitrogens is 1. The molecule has 6 heteroatoms. The molecule has 26 heavy (non-hydrogen) atoms. The number of para-hydroxylation sites is 1. The van der Waals surface area contributed by atoms with Gasteiger partial charge in [0.15, 0.2) is 0 Å². The molecule has 0 fully saturated rings. The molecule has 0 aliphatic rings. The molecule has 0 aliphatic heterocycles. The maximum Gasteiger partial charge on any atom is 0.276 e. The van der Waals surface area contributed by atoms with E-state index in [2.05, 4.69) is 18.2 Å². The molecule has 2 aromatic carbocycles. The second-order valence-electron chi connectivity index (χ2n) is 6.04. The van der Waals surface area contributed by atoms with Gasteiger partial charge >= 0.3 is 0 Å². The minimum Gasteiger partial charge on any atom is -0.317 e. The van der Waals surface area contributed by atoms with Crippen molar-refractivity contribution in [1.29, 1.82) is 0 Å². The fourth-order valence-electron chi connectivity index (χ4n) is 3.06. The van der Waals surface area contributed by atoms with E-state index in [1.807, 2.05) is 55.8 Å². The topological polar surface area (TPSA) is 42.4 Å². The SMILES string of the molecule is CCOP(=O)(Cc1ccc(-c2nc3ccccc3s2)cc1)N(CC)CC. The molecule has 1 atom stereocenters. The molecular weight excluding hydrogens is 363 g/mol. The maximum absolute atomic E-state index is 13.3. The Balaban J connectivity index is 1.83. The molecule has 0 amide bonds. The average molecular weight is 388 g/mol. The summed E-state index contributed by atoms with van der Waals surface area (Å²) in [5, 5.41) is 1.01. The lowest BCUT2D eigenvalue weighted by Crippen LogP contribution is -2.22. The van der Waals surface area contributed by atoms with Crippen molar-refractivity contribution in [2.45, 2.75) is 26.9 Å². The average Bonchev–Trinajstić information content (AvgIpc) is 3.07. The van der Waals surface area contributed by atoms with E-state index in [-0.39, 0.29) is 0 Å². The second kappa shape index (κ2) is 8.45. The predicted octanol–water partition coefficient (Wildman–Crippen LogP) is 6.03. The van der Waals surface area contributed by atoms with Gasteiger partial charge in [-0.05, 0) is 24.6 Å². The van der Waals surface area contributed by atoms with Crippen molar-refractivity contribution >= 4 is 29.1 Å². The molecule has 1 unspecified atom stereocenters. The van der Waals surface area contributed by atoms with Crippen LogP contribution in [0.2, 0.25) is 0 Å². The fourth-order valence-corrected chi connectivity index (χ4v) is 6.43. The first kappa shape index (κ1) is 19.2. The monoisotopic (exact) mass is 388 g/mol. The van der Waals surface area contributed by atoms with Crippen molar-refractivity contribution < 1.29 is 9.09 Å². The molecule has 3 aromatic rings. The van der Waals surface area contributed by atoms with Gasteiger partial charge < -0.3 is 4.52 Å². The highest BCUT2D eigenvalue weighted by Gasteiger charge is 2.29. The maximum atomic E-state index is 13.3. The smallest absolute Gasteiger partial charge is 0.276 e. The molecule has 0 spiro atoms. The third-order valence-electron chi connectivity index (χ3n) is 4.37. The zero-order valence-electron chi connectivity index (χ0n) is 15.5. The molecule has 0 aliphatic carbocycles. The van der Waals surface area contributed by atoms with E-state index in [0.717, 1.165) is 34.7 Å². The van der Waals surface area contributed by atoms with Gasteiger partial charge in [-0.25, -0.2) is 9.65 Å². The van der Waals surface area contributed by atoms with Crippen LogP contribution in [0.4, 0.5) is 0 Å². The van der Waals surface area contributed by atoms with Crippen LogP contribution in [0.3, 0.4) is 0 Å². The van der Waals surface area contributed by atoms with Gasteiger partial charge in [0.2, 0.25) is 0 Å². The first-order chi connectivity index (χ1) is 12.6. The van der Waals surface area contributed by atoms with Crippen LogP contribution in [0.25, 0.3) is 20.8 Å². The Labute approximate surface area is 159 Å². The fraction of sp³-hybridized carbons (Fsp3) is 0.350. The zero-order valence-corrected chi connectivity index (χ0v) is 17.2. The van der Waals surface area contributed by atoms with E-state index < -0.39 is 7.52 Å². The summed E-state index contributed by atoms with van der Waals surface area (Å²) in [5.41, 5.74) is 3.14. The van der Waals surface area contributed by atoms with Gasteiger partial charge in [0.25, 0.3) is 7.52 Å². The van der Waals surface area contributed by atoms with Crippen LogP contribution in [-0.2, 0) is 15.3 Å². The first-order valence-electron chi connectivity index (χ1n) is 9.03. The van der Waals surface area contributed by atoms with Crippen LogP contribution >= 0.6 is 18.9 Å². The third-order valence-corrected chi connectivity index (χ3v) is 8.31. The van der Waals surface area contributed by atoms with Gasteiger partial charge in [-0.15, -0.1) is 11.3 Å². The molecule has 0 bridgehead atoms. The Kier molecular flexibility index (Phi) is 6.25. The van der Waals surface area contributed by atoms with E-state index in [1.54, 1.807) is 11.3 Å². The summed E-state index contributed by atoms with van der Waals surface area (Å²) in [6, 6.07) is 16.4. The van der Waals surface area contributed by atoms with Gasteiger partial charge in [-0.2, -0.15) is 0 Å². The lowest BCUT2D eigenvalue weighted by atomic mass is 10.2. The van der Waals surface area contributed by atoms with E-state index in [1.165, 1.54) is 4.70 Å². The zero-order chi connectivity index (χ0) is 18.6. The van der Waals surface area contributed by atoms with E-state index in [0.29, 0.717) is 12.8 Å². The summed E-state index contributed by atoms with van der Waals surface area (Å²) in [5.74, 6) is 0. The molecule has 4 nitrogen and oxygen atoms in total. The Morgan fingerprint density at radius 2 is 1.73 bits per heavy atom. The molecule has 0 saturated heterocycles. The van der Waals surface area contributed by atoms with Crippen LogP contribution in [0, 0.1) is 0 Å². The summed E-state index contributed by atoms with van der Waals surface area (Å²) < 4.78 is 22.1. The molecule has 0 radical (unpaired) electrons. The highest BCUT2D eigenvalue weighted by molar-refractivity contribution is 7.55. The van der Waals surface area contributed by atoms with Crippen molar-refractivity contribution in [1.82, 2.24) is 9.65 Å². The highest BCUT2D eigenvalue weighted by Crippen LogP contribution is 2.53. The van der Waals surface area contributed by atoms with Crippen molar-refractivity contribution in [3.8, 4) is 10.6 Å². The summed E-state index contributed by atoms with van der Waals surface area (Å²) >= 11 is 1.69. The van der Waals surface area contributed by atoms with E-state index in [4.69, 9.17) is 9.51 Å². The van der Waals surface area contributed by atoms with Gasteiger partial charge in [-0.1, -0.05) is 50.2 Å². The Hall–Kier alpha value is -1.52. The predicted molar refractivity (Wildman–Crippen MR) is 111 cm³/mol. The lowest BCUT2D eigenvalue weighted by molar-refractivity contribution is 0.277. The van der Waals surface area contributed by atoms with Crippen LogP contribution in [0.5, 0.6) is 0 Å². The minimum absolute atomic E-state index is 0.433. The summed E-state index contributed by atoms with van der Waals surface area (Å²) in [4.78, 5) is 4.70. The minimum atomic E-state index is -2.84. The number of hydrogen-bond acceptors (Lipinski definition) is 4. The largest absolute Gasteiger partial charge is 0.317 e. The number of nitrogens with zero attached hydrogens (tertiary/aromatic N) is 2. The third kappa shape index (κ3) is 4.07. The molecule has 1 heterocycles. The van der Waals surface area contributed by atoms with Crippen molar-refractivity contribution in [2.75, 3.05) is 19.7 Å². The van der Waals surface area contributed by atoms with Crippen LogP contribution < -0.4 is 0 Å².